The van der Waals surface area contributed by atoms with Crippen LogP contribution in [0.2, 0.25) is 0 Å². The summed E-state index contributed by atoms with van der Waals surface area (Å²) in [6, 6.07) is 14.3. The lowest BCUT2D eigenvalue weighted by atomic mass is 10.1. The van der Waals surface area contributed by atoms with E-state index in [1.165, 1.54) is 12.1 Å². The van der Waals surface area contributed by atoms with Crippen molar-refractivity contribution in [1.29, 1.82) is 5.26 Å². The molecule has 0 heterocycles. The Balaban J connectivity index is 1.87. The third kappa shape index (κ3) is 4.93. The van der Waals surface area contributed by atoms with Crippen molar-refractivity contribution in [3.8, 4) is 11.8 Å². The molecule has 0 unspecified atom stereocenters. The molecule has 116 valence electrons. The molecule has 2 rings (SSSR count). The fourth-order valence-electron chi connectivity index (χ4n) is 1.73. The molecular formula is C17H14FN3O2. The number of nitrogens with one attached hydrogen (secondary N) is 1. The normalized spacial score (nSPS) is 10.7. The van der Waals surface area contributed by atoms with Crippen molar-refractivity contribution >= 4 is 11.6 Å². The second kappa shape index (κ2) is 7.71. The molecule has 0 fully saturated rings. The minimum Gasteiger partial charge on any atom is -0.484 e. The first-order chi connectivity index (χ1) is 11.1. The summed E-state index contributed by atoms with van der Waals surface area (Å²) in [6.07, 6.45) is 0. The molecule has 6 heteroatoms. The first-order valence-electron chi connectivity index (χ1n) is 6.80. The highest BCUT2D eigenvalue weighted by Crippen LogP contribution is 2.11. The van der Waals surface area contributed by atoms with Crippen molar-refractivity contribution in [1.82, 2.24) is 5.43 Å². The second-order valence-corrected chi connectivity index (χ2v) is 4.67. The average Bonchev–Trinajstić information content (AvgIpc) is 2.58. The number of ether oxygens (including phenoxy) is 1. The number of hydrogen-bond donors (Lipinski definition) is 1. The molecular weight excluding hydrogens is 297 g/mol. The van der Waals surface area contributed by atoms with E-state index < -0.39 is 5.91 Å². The molecule has 2 aromatic rings. The Bertz CT molecular complexity index is 764. The molecule has 0 atom stereocenters. The van der Waals surface area contributed by atoms with Gasteiger partial charge in [0.05, 0.1) is 17.3 Å². The lowest BCUT2D eigenvalue weighted by Gasteiger charge is -2.06. The summed E-state index contributed by atoms with van der Waals surface area (Å²) >= 11 is 0. The molecule has 0 aliphatic heterocycles. The van der Waals surface area contributed by atoms with Gasteiger partial charge < -0.3 is 4.74 Å². The molecule has 0 saturated heterocycles. The fraction of sp³-hybridized carbons (Fsp3) is 0.118. The minimum absolute atomic E-state index is 0.216. The van der Waals surface area contributed by atoms with Gasteiger partial charge in [-0.25, -0.2) is 9.82 Å². The number of nitriles is 1. The summed E-state index contributed by atoms with van der Waals surface area (Å²) in [7, 11) is 0. The highest BCUT2D eigenvalue weighted by Gasteiger charge is 2.04. The molecule has 0 aliphatic rings. The summed E-state index contributed by atoms with van der Waals surface area (Å²) < 4.78 is 18.4. The van der Waals surface area contributed by atoms with Gasteiger partial charge in [-0.3, -0.25) is 4.79 Å². The SMILES string of the molecule is C/C(=N\NC(=O)COc1ccc(C#N)cc1)c1cccc(F)c1. The van der Waals surface area contributed by atoms with Crippen molar-refractivity contribution in [2.75, 3.05) is 6.61 Å². The summed E-state index contributed by atoms with van der Waals surface area (Å²) in [5, 5.41) is 12.6. The molecule has 2 aromatic carbocycles. The molecule has 0 radical (unpaired) electrons. The lowest BCUT2D eigenvalue weighted by Crippen LogP contribution is -2.25. The van der Waals surface area contributed by atoms with Crippen LogP contribution in [0.5, 0.6) is 5.75 Å². The van der Waals surface area contributed by atoms with Gasteiger partial charge >= 0.3 is 0 Å². The zero-order valence-corrected chi connectivity index (χ0v) is 12.4. The van der Waals surface area contributed by atoms with Crippen LogP contribution in [0, 0.1) is 17.1 Å². The van der Waals surface area contributed by atoms with E-state index in [1.54, 1.807) is 43.3 Å². The Morgan fingerprint density at radius 3 is 2.70 bits per heavy atom. The van der Waals surface area contributed by atoms with E-state index in [-0.39, 0.29) is 12.4 Å². The van der Waals surface area contributed by atoms with E-state index in [0.717, 1.165) is 0 Å². The molecule has 1 amide bonds. The Hall–Kier alpha value is -3.20. The molecule has 1 N–H and O–H groups in total. The molecule has 23 heavy (non-hydrogen) atoms. The van der Waals surface area contributed by atoms with Crippen molar-refractivity contribution in [2.45, 2.75) is 6.92 Å². The van der Waals surface area contributed by atoms with Crippen LogP contribution in [-0.4, -0.2) is 18.2 Å². The van der Waals surface area contributed by atoms with Gasteiger partial charge in [0.1, 0.15) is 11.6 Å². The standard InChI is InChI=1S/C17H14FN3O2/c1-12(14-3-2-4-15(18)9-14)20-21-17(22)11-23-16-7-5-13(10-19)6-8-16/h2-9H,11H2,1H3,(H,21,22)/b20-12+. The number of carbonyl (C=O) groups excluding carboxylic acids is 1. The van der Waals surface area contributed by atoms with Crippen molar-refractivity contribution in [2.24, 2.45) is 5.10 Å². The zero-order valence-electron chi connectivity index (χ0n) is 12.4. The Kier molecular flexibility index (Phi) is 5.42. The number of amides is 1. The van der Waals surface area contributed by atoms with Crippen molar-refractivity contribution in [3.05, 3.63) is 65.5 Å². The van der Waals surface area contributed by atoms with Gasteiger partial charge in [-0.05, 0) is 43.3 Å². The topological polar surface area (TPSA) is 74.5 Å². The van der Waals surface area contributed by atoms with Gasteiger partial charge in [0.2, 0.25) is 0 Å². The molecule has 0 aliphatic carbocycles. The van der Waals surface area contributed by atoms with Crippen LogP contribution in [0.15, 0.2) is 53.6 Å². The van der Waals surface area contributed by atoms with Gasteiger partial charge in [-0.1, -0.05) is 12.1 Å². The molecule has 5 nitrogen and oxygen atoms in total. The van der Waals surface area contributed by atoms with E-state index in [9.17, 15) is 9.18 Å². The number of hydrazone groups is 1. The molecule has 0 saturated carbocycles. The maximum absolute atomic E-state index is 13.1. The highest BCUT2D eigenvalue weighted by molar-refractivity contribution is 5.99. The fourth-order valence-corrected chi connectivity index (χ4v) is 1.73. The Morgan fingerprint density at radius 2 is 2.04 bits per heavy atom. The number of carbonyl (C=O) groups is 1. The third-order valence-electron chi connectivity index (χ3n) is 2.94. The van der Waals surface area contributed by atoms with Crippen LogP contribution >= 0.6 is 0 Å². The minimum atomic E-state index is -0.440. The number of rotatable bonds is 5. The molecule has 0 bridgehead atoms. The number of benzene rings is 2. The van der Waals surface area contributed by atoms with Gasteiger partial charge in [0, 0.05) is 5.56 Å². The zero-order chi connectivity index (χ0) is 16.7. The predicted octanol–water partition coefficient (Wildman–Crippen LogP) is 2.62. The Morgan fingerprint density at radius 1 is 1.30 bits per heavy atom. The number of halogens is 1. The number of hydrogen-bond acceptors (Lipinski definition) is 4. The monoisotopic (exact) mass is 311 g/mol. The maximum Gasteiger partial charge on any atom is 0.277 e. The second-order valence-electron chi connectivity index (χ2n) is 4.67. The van der Waals surface area contributed by atoms with Crippen LogP contribution in [0.1, 0.15) is 18.1 Å². The van der Waals surface area contributed by atoms with E-state index >= 15 is 0 Å². The van der Waals surface area contributed by atoms with E-state index in [4.69, 9.17) is 10.00 Å². The molecule has 0 aromatic heterocycles. The lowest BCUT2D eigenvalue weighted by molar-refractivity contribution is -0.123. The van der Waals surface area contributed by atoms with Crippen LogP contribution in [0.25, 0.3) is 0 Å². The summed E-state index contributed by atoms with van der Waals surface area (Å²) in [6.45, 7) is 1.45. The van der Waals surface area contributed by atoms with Crippen molar-refractivity contribution in [3.63, 3.8) is 0 Å². The van der Waals surface area contributed by atoms with Crippen LogP contribution in [0.3, 0.4) is 0 Å². The van der Waals surface area contributed by atoms with E-state index in [2.05, 4.69) is 10.5 Å². The van der Waals surface area contributed by atoms with E-state index in [1.807, 2.05) is 6.07 Å². The maximum atomic E-state index is 13.1. The number of nitrogens with zero attached hydrogens (tertiary/aromatic N) is 2. The van der Waals surface area contributed by atoms with Gasteiger partial charge in [-0.15, -0.1) is 0 Å². The quantitative estimate of drug-likeness (QED) is 0.681. The van der Waals surface area contributed by atoms with Crippen LogP contribution < -0.4 is 10.2 Å². The van der Waals surface area contributed by atoms with Crippen LogP contribution in [-0.2, 0) is 4.79 Å². The van der Waals surface area contributed by atoms with Gasteiger partial charge in [-0.2, -0.15) is 10.4 Å². The summed E-state index contributed by atoms with van der Waals surface area (Å²) in [5.74, 6) is -0.331. The van der Waals surface area contributed by atoms with Gasteiger partial charge in [0.25, 0.3) is 5.91 Å². The summed E-state index contributed by atoms with van der Waals surface area (Å²) in [4.78, 5) is 11.7. The largest absolute Gasteiger partial charge is 0.484 e. The summed E-state index contributed by atoms with van der Waals surface area (Å²) in [5.41, 5.74) is 3.92. The average molecular weight is 311 g/mol. The van der Waals surface area contributed by atoms with Crippen LogP contribution in [0.4, 0.5) is 4.39 Å². The highest BCUT2D eigenvalue weighted by atomic mass is 19.1. The Labute approximate surface area is 133 Å². The predicted molar refractivity (Wildman–Crippen MR) is 83.4 cm³/mol. The first kappa shape index (κ1) is 16.2. The molecule has 0 spiro atoms. The smallest absolute Gasteiger partial charge is 0.277 e. The first-order valence-corrected chi connectivity index (χ1v) is 6.80. The third-order valence-corrected chi connectivity index (χ3v) is 2.94. The van der Waals surface area contributed by atoms with Crippen molar-refractivity contribution < 1.29 is 13.9 Å². The van der Waals surface area contributed by atoms with Gasteiger partial charge in [0.15, 0.2) is 6.61 Å². The van der Waals surface area contributed by atoms with E-state index in [0.29, 0.717) is 22.6 Å².